The van der Waals surface area contributed by atoms with E-state index in [2.05, 4.69) is 4.74 Å². The van der Waals surface area contributed by atoms with Crippen molar-refractivity contribution in [2.24, 2.45) is 0 Å². The van der Waals surface area contributed by atoms with Crippen molar-refractivity contribution in [2.45, 2.75) is 13.8 Å². The molecule has 0 saturated heterocycles. The summed E-state index contributed by atoms with van der Waals surface area (Å²) < 4.78 is 4.49. The fraction of sp³-hybridized carbons (Fsp3) is 0.500. The van der Waals surface area contributed by atoms with Crippen LogP contribution in [-0.4, -0.2) is 17.5 Å². The van der Waals surface area contributed by atoms with Crippen molar-refractivity contribution in [2.75, 3.05) is 6.61 Å². The van der Waals surface area contributed by atoms with Gasteiger partial charge >= 0.3 is 5.97 Å². The summed E-state index contributed by atoms with van der Waals surface area (Å²) in [5.41, 5.74) is -0.00292. The maximum atomic E-state index is 10.7. The van der Waals surface area contributed by atoms with E-state index >= 15 is 0 Å². The van der Waals surface area contributed by atoms with Gasteiger partial charge < -0.3 is 4.74 Å². The number of carbonyl (C=O) groups is 1. The third-order valence-electron chi connectivity index (χ3n) is 0.896. The van der Waals surface area contributed by atoms with E-state index in [-0.39, 0.29) is 12.2 Å². The fourth-order valence-corrected chi connectivity index (χ4v) is 0.456. The molecular weight excluding hydrogens is 150 g/mol. The van der Waals surface area contributed by atoms with Gasteiger partial charge in [0.15, 0.2) is 0 Å². The van der Waals surface area contributed by atoms with Crippen LogP contribution in [0.25, 0.3) is 0 Å². The minimum atomic E-state index is -0.688. The van der Waals surface area contributed by atoms with Crippen LogP contribution in [-0.2, 0) is 9.53 Å². The van der Waals surface area contributed by atoms with E-state index in [9.17, 15) is 14.9 Å². The molecule has 0 amide bonds. The van der Waals surface area contributed by atoms with E-state index in [0.29, 0.717) is 6.20 Å². The van der Waals surface area contributed by atoms with Gasteiger partial charge in [0.2, 0.25) is 6.20 Å². The average Bonchev–Trinajstić information content (AvgIpc) is 1.86. The van der Waals surface area contributed by atoms with Crippen LogP contribution in [0, 0.1) is 10.1 Å². The van der Waals surface area contributed by atoms with Gasteiger partial charge in [-0.2, -0.15) is 0 Å². The van der Waals surface area contributed by atoms with Gasteiger partial charge in [-0.25, -0.2) is 4.79 Å². The SMILES string of the molecule is CCOC(=O)/C(C)=C/[N+](=O)[O-]. The van der Waals surface area contributed by atoms with Gasteiger partial charge in [0.25, 0.3) is 0 Å². The van der Waals surface area contributed by atoms with Gasteiger partial charge in [0.1, 0.15) is 5.57 Å². The monoisotopic (exact) mass is 159 g/mol. The van der Waals surface area contributed by atoms with Crippen LogP contribution in [0.4, 0.5) is 0 Å². The highest BCUT2D eigenvalue weighted by molar-refractivity contribution is 5.87. The van der Waals surface area contributed by atoms with Crippen molar-refractivity contribution in [3.63, 3.8) is 0 Å². The molecule has 0 aromatic carbocycles. The maximum Gasteiger partial charge on any atom is 0.339 e. The summed E-state index contributed by atoms with van der Waals surface area (Å²) in [7, 11) is 0. The van der Waals surface area contributed by atoms with Gasteiger partial charge in [-0.1, -0.05) is 0 Å². The molecule has 5 heteroatoms. The predicted molar refractivity (Wildman–Crippen MR) is 37.4 cm³/mol. The van der Waals surface area contributed by atoms with Crippen LogP contribution >= 0.6 is 0 Å². The number of ether oxygens (including phenoxy) is 1. The Morgan fingerprint density at radius 1 is 1.73 bits per heavy atom. The van der Waals surface area contributed by atoms with E-state index in [1.807, 2.05) is 0 Å². The first-order valence-electron chi connectivity index (χ1n) is 3.07. The normalized spacial score (nSPS) is 10.9. The Bertz CT molecular complexity index is 197. The van der Waals surface area contributed by atoms with Crippen LogP contribution in [0.2, 0.25) is 0 Å². The van der Waals surface area contributed by atoms with E-state index < -0.39 is 10.9 Å². The molecule has 0 aliphatic carbocycles. The zero-order chi connectivity index (χ0) is 8.85. The fourth-order valence-electron chi connectivity index (χ4n) is 0.456. The molecular formula is C6H9NO4. The van der Waals surface area contributed by atoms with Crippen molar-refractivity contribution in [1.29, 1.82) is 0 Å². The molecule has 0 atom stereocenters. The standard InChI is InChI=1S/C6H9NO4/c1-3-11-6(8)5(2)4-7(9)10/h4H,3H2,1-2H3/b5-4+. The maximum absolute atomic E-state index is 10.7. The van der Waals surface area contributed by atoms with Gasteiger partial charge in [0, 0.05) is 0 Å². The summed E-state index contributed by atoms with van der Waals surface area (Å²) in [6.45, 7) is 3.19. The smallest absolute Gasteiger partial charge is 0.339 e. The predicted octanol–water partition coefficient (Wildman–Crippen LogP) is 0.730. The molecule has 0 rings (SSSR count). The lowest BCUT2D eigenvalue weighted by Crippen LogP contribution is -2.06. The van der Waals surface area contributed by atoms with Gasteiger partial charge in [0.05, 0.1) is 11.5 Å². The van der Waals surface area contributed by atoms with Crippen molar-refractivity contribution in [3.05, 3.63) is 21.9 Å². The average molecular weight is 159 g/mol. The summed E-state index contributed by atoms with van der Waals surface area (Å²) in [5, 5.41) is 9.84. The highest BCUT2D eigenvalue weighted by Crippen LogP contribution is 1.95. The molecule has 0 bridgehead atoms. The first-order valence-corrected chi connectivity index (χ1v) is 3.07. The summed E-state index contributed by atoms with van der Waals surface area (Å²) >= 11 is 0. The molecule has 0 aromatic rings. The zero-order valence-corrected chi connectivity index (χ0v) is 6.36. The Kier molecular flexibility index (Phi) is 3.87. The Morgan fingerprint density at radius 2 is 2.27 bits per heavy atom. The van der Waals surface area contributed by atoms with E-state index in [1.54, 1.807) is 6.92 Å². The number of carbonyl (C=O) groups excluding carboxylic acids is 1. The molecule has 0 N–H and O–H groups in total. The van der Waals surface area contributed by atoms with E-state index in [0.717, 1.165) is 0 Å². The largest absolute Gasteiger partial charge is 0.462 e. The number of esters is 1. The number of hydrogen-bond donors (Lipinski definition) is 0. The molecule has 0 unspecified atom stereocenters. The molecule has 0 heterocycles. The van der Waals surface area contributed by atoms with Crippen LogP contribution in [0.1, 0.15) is 13.8 Å². The zero-order valence-electron chi connectivity index (χ0n) is 6.36. The molecule has 0 aromatic heterocycles. The van der Waals surface area contributed by atoms with Gasteiger partial charge in [-0.15, -0.1) is 0 Å². The van der Waals surface area contributed by atoms with Crippen molar-refractivity contribution in [3.8, 4) is 0 Å². The molecule has 62 valence electrons. The Balaban J connectivity index is 4.12. The molecule has 5 nitrogen and oxygen atoms in total. The number of hydrogen-bond acceptors (Lipinski definition) is 4. The number of nitro groups is 1. The van der Waals surface area contributed by atoms with Crippen molar-refractivity contribution >= 4 is 5.97 Å². The van der Waals surface area contributed by atoms with Gasteiger partial charge in [-0.3, -0.25) is 10.1 Å². The lowest BCUT2D eigenvalue weighted by atomic mass is 10.3. The first-order chi connectivity index (χ1) is 5.07. The third-order valence-corrected chi connectivity index (χ3v) is 0.896. The molecule has 0 saturated carbocycles. The highest BCUT2D eigenvalue weighted by atomic mass is 16.6. The lowest BCUT2D eigenvalue weighted by Gasteiger charge is -1.97. The minimum Gasteiger partial charge on any atom is -0.462 e. The summed E-state index contributed by atoms with van der Waals surface area (Å²) in [6.07, 6.45) is 0.623. The second-order valence-corrected chi connectivity index (χ2v) is 1.82. The second-order valence-electron chi connectivity index (χ2n) is 1.82. The Morgan fingerprint density at radius 3 is 2.64 bits per heavy atom. The van der Waals surface area contributed by atoms with Crippen LogP contribution in [0.3, 0.4) is 0 Å². The molecule has 0 spiro atoms. The van der Waals surface area contributed by atoms with Crippen LogP contribution in [0.5, 0.6) is 0 Å². The lowest BCUT2D eigenvalue weighted by molar-refractivity contribution is -0.403. The second kappa shape index (κ2) is 4.43. The summed E-state index contributed by atoms with van der Waals surface area (Å²) in [4.78, 5) is 19.8. The quantitative estimate of drug-likeness (QED) is 0.263. The summed E-state index contributed by atoms with van der Waals surface area (Å²) in [5.74, 6) is -0.649. The van der Waals surface area contributed by atoms with E-state index in [1.165, 1.54) is 6.92 Å². The molecule has 0 fully saturated rings. The van der Waals surface area contributed by atoms with Gasteiger partial charge in [-0.05, 0) is 13.8 Å². The van der Waals surface area contributed by atoms with Crippen molar-refractivity contribution in [1.82, 2.24) is 0 Å². The molecule has 0 aliphatic heterocycles. The van der Waals surface area contributed by atoms with E-state index in [4.69, 9.17) is 0 Å². The number of rotatable bonds is 3. The minimum absolute atomic E-state index is 0.00292. The first kappa shape index (κ1) is 9.61. The third kappa shape index (κ3) is 4.07. The summed E-state index contributed by atoms with van der Waals surface area (Å²) in [6, 6.07) is 0. The Labute approximate surface area is 63.8 Å². The highest BCUT2D eigenvalue weighted by Gasteiger charge is 2.07. The van der Waals surface area contributed by atoms with Crippen LogP contribution < -0.4 is 0 Å². The molecule has 0 radical (unpaired) electrons. The number of nitrogens with zero attached hydrogens (tertiary/aromatic N) is 1. The molecule has 11 heavy (non-hydrogen) atoms. The Hall–Kier alpha value is -1.39. The van der Waals surface area contributed by atoms with Crippen LogP contribution in [0.15, 0.2) is 11.8 Å². The van der Waals surface area contributed by atoms with Crippen molar-refractivity contribution < 1.29 is 14.5 Å². The molecule has 0 aliphatic rings. The topological polar surface area (TPSA) is 69.4 Å².